The summed E-state index contributed by atoms with van der Waals surface area (Å²) >= 11 is 0. The third-order valence-electron chi connectivity index (χ3n) is 2.65. The van der Waals surface area contributed by atoms with E-state index >= 15 is 0 Å². The largest absolute Gasteiger partial charge is 0.368 e. The lowest BCUT2D eigenvalue weighted by Gasteiger charge is -2.11. The smallest absolute Gasteiger partial charge is 0.163 e. The van der Waals surface area contributed by atoms with Crippen molar-refractivity contribution in [3.8, 4) is 0 Å². The molecular formula is C11H18N6. The molecule has 0 atom stereocenters. The molecule has 17 heavy (non-hydrogen) atoms. The van der Waals surface area contributed by atoms with E-state index in [1.807, 2.05) is 28.1 Å². The Kier molecular flexibility index (Phi) is 3.23. The van der Waals surface area contributed by atoms with E-state index in [-0.39, 0.29) is 0 Å². The molecule has 6 heteroatoms. The average Bonchev–Trinajstić information content (AvgIpc) is 2.55. The summed E-state index contributed by atoms with van der Waals surface area (Å²) in [6.45, 7) is 3.79. The zero-order chi connectivity index (χ0) is 12.4. The van der Waals surface area contributed by atoms with Gasteiger partial charge in [0, 0.05) is 20.1 Å². The highest BCUT2D eigenvalue weighted by Gasteiger charge is 2.11. The molecule has 0 amide bonds. The minimum atomic E-state index is 0.855. The van der Waals surface area contributed by atoms with Crippen molar-refractivity contribution in [2.75, 3.05) is 32.5 Å². The van der Waals surface area contributed by atoms with Crippen molar-refractivity contribution in [3.63, 3.8) is 0 Å². The van der Waals surface area contributed by atoms with Gasteiger partial charge < -0.3 is 10.2 Å². The predicted molar refractivity (Wildman–Crippen MR) is 68.1 cm³/mol. The Bertz CT molecular complexity index is 516. The van der Waals surface area contributed by atoms with Crippen LogP contribution in [0, 0.1) is 6.92 Å². The zero-order valence-electron chi connectivity index (χ0n) is 10.7. The SMILES string of the molecule is Cc1nn(C)c2ncnc(NCCN(C)C)c12. The minimum absolute atomic E-state index is 0.855. The number of aromatic nitrogens is 4. The van der Waals surface area contributed by atoms with E-state index in [9.17, 15) is 0 Å². The normalized spacial score (nSPS) is 11.4. The van der Waals surface area contributed by atoms with Crippen LogP contribution < -0.4 is 5.32 Å². The van der Waals surface area contributed by atoms with Crippen LogP contribution in [0.5, 0.6) is 0 Å². The molecule has 2 rings (SSSR count). The van der Waals surface area contributed by atoms with E-state index in [0.29, 0.717) is 0 Å². The number of nitrogens with zero attached hydrogens (tertiary/aromatic N) is 5. The molecule has 0 spiro atoms. The Labute approximate surface area is 101 Å². The molecule has 2 aromatic rings. The van der Waals surface area contributed by atoms with Crippen LogP contribution in [0.15, 0.2) is 6.33 Å². The first-order valence-corrected chi connectivity index (χ1v) is 5.62. The van der Waals surface area contributed by atoms with Gasteiger partial charge in [0.15, 0.2) is 5.65 Å². The molecule has 0 aliphatic carbocycles. The molecule has 6 nitrogen and oxygen atoms in total. The van der Waals surface area contributed by atoms with Crippen molar-refractivity contribution < 1.29 is 0 Å². The number of likely N-dealkylation sites (N-methyl/N-ethyl adjacent to an activating group) is 1. The van der Waals surface area contributed by atoms with Crippen molar-refractivity contribution in [1.82, 2.24) is 24.6 Å². The van der Waals surface area contributed by atoms with Crippen LogP contribution in [0.4, 0.5) is 5.82 Å². The highest BCUT2D eigenvalue weighted by Crippen LogP contribution is 2.21. The number of hydrogen-bond acceptors (Lipinski definition) is 5. The minimum Gasteiger partial charge on any atom is -0.368 e. The van der Waals surface area contributed by atoms with Gasteiger partial charge in [0.1, 0.15) is 12.1 Å². The van der Waals surface area contributed by atoms with E-state index in [0.717, 1.165) is 35.6 Å². The van der Waals surface area contributed by atoms with E-state index in [1.165, 1.54) is 0 Å². The lowest BCUT2D eigenvalue weighted by molar-refractivity contribution is 0.425. The Morgan fingerprint density at radius 3 is 2.82 bits per heavy atom. The van der Waals surface area contributed by atoms with Crippen molar-refractivity contribution in [3.05, 3.63) is 12.0 Å². The van der Waals surface area contributed by atoms with Crippen LogP contribution in [0.1, 0.15) is 5.69 Å². The summed E-state index contributed by atoms with van der Waals surface area (Å²) in [5.41, 5.74) is 1.82. The molecule has 2 aromatic heterocycles. The van der Waals surface area contributed by atoms with Crippen LogP contribution >= 0.6 is 0 Å². The molecule has 1 N–H and O–H groups in total. The van der Waals surface area contributed by atoms with Gasteiger partial charge in [-0.15, -0.1) is 0 Å². The molecule has 2 heterocycles. The summed E-state index contributed by atoms with van der Waals surface area (Å²) in [5, 5.41) is 8.69. The lowest BCUT2D eigenvalue weighted by Crippen LogP contribution is -2.21. The maximum atomic E-state index is 4.36. The predicted octanol–water partition coefficient (Wildman–Crippen LogP) is 0.645. The summed E-state index contributed by atoms with van der Waals surface area (Å²) in [6.07, 6.45) is 1.57. The molecule has 0 aliphatic heterocycles. The molecule has 92 valence electrons. The van der Waals surface area contributed by atoms with Crippen LogP contribution in [-0.2, 0) is 7.05 Å². The molecule has 0 saturated heterocycles. The number of aryl methyl sites for hydroxylation is 2. The van der Waals surface area contributed by atoms with Crippen molar-refractivity contribution in [2.24, 2.45) is 7.05 Å². The first-order chi connectivity index (χ1) is 8.09. The Morgan fingerprint density at radius 1 is 1.35 bits per heavy atom. The van der Waals surface area contributed by atoms with Crippen LogP contribution in [0.2, 0.25) is 0 Å². The topological polar surface area (TPSA) is 58.9 Å². The van der Waals surface area contributed by atoms with E-state index in [2.05, 4.69) is 25.3 Å². The van der Waals surface area contributed by atoms with Gasteiger partial charge in [-0.05, 0) is 21.0 Å². The van der Waals surface area contributed by atoms with Gasteiger partial charge in [0.25, 0.3) is 0 Å². The van der Waals surface area contributed by atoms with Crippen LogP contribution in [-0.4, -0.2) is 51.8 Å². The lowest BCUT2D eigenvalue weighted by atomic mass is 10.3. The summed E-state index contributed by atoms with van der Waals surface area (Å²) in [7, 11) is 5.99. The standard InChI is InChI=1S/C11H18N6/c1-8-9-10(12-5-6-16(2)3)13-7-14-11(9)17(4)15-8/h7H,5-6H2,1-4H3,(H,12,13,14). The monoisotopic (exact) mass is 234 g/mol. The van der Waals surface area contributed by atoms with Gasteiger partial charge in [-0.2, -0.15) is 5.10 Å². The quantitative estimate of drug-likeness (QED) is 0.841. The van der Waals surface area contributed by atoms with Crippen LogP contribution in [0.3, 0.4) is 0 Å². The molecule has 0 aliphatic rings. The maximum absolute atomic E-state index is 4.36. The molecule has 0 aromatic carbocycles. The van der Waals surface area contributed by atoms with E-state index < -0.39 is 0 Å². The number of hydrogen-bond donors (Lipinski definition) is 1. The number of anilines is 1. The Hall–Kier alpha value is -1.69. The molecule has 0 bridgehead atoms. The zero-order valence-corrected chi connectivity index (χ0v) is 10.7. The van der Waals surface area contributed by atoms with Crippen molar-refractivity contribution in [2.45, 2.75) is 6.92 Å². The van der Waals surface area contributed by atoms with E-state index in [4.69, 9.17) is 0 Å². The first-order valence-electron chi connectivity index (χ1n) is 5.62. The van der Waals surface area contributed by atoms with Gasteiger partial charge in [0.2, 0.25) is 0 Å². The molecular weight excluding hydrogens is 216 g/mol. The van der Waals surface area contributed by atoms with Crippen molar-refractivity contribution >= 4 is 16.9 Å². The Balaban J connectivity index is 2.28. The van der Waals surface area contributed by atoms with Crippen LogP contribution in [0.25, 0.3) is 11.0 Å². The second-order valence-electron chi connectivity index (χ2n) is 4.36. The second-order valence-corrected chi connectivity index (χ2v) is 4.36. The fourth-order valence-electron chi connectivity index (χ4n) is 1.81. The van der Waals surface area contributed by atoms with Gasteiger partial charge in [-0.3, -0.25) is 4.68 Å². The molecule has 0 fully saturated rings. The highest BCUT2D eigenvalue weighted by atomic mass is 15.3. The van der Waals surface area contributed by atoms with Gasteiger partial charge in [-0.1, -0.05) is 0 Å². The van der Waals surface area contributed by atoms with Gasteiger partial charge >= 0.3 is 0 Å². The highest BCUT2D eigenvalue weighted by molar-refractivity contribution is 5.88. The van der Waals surface area contributed by atoms with Gasteiger partial charge in [-0.25, -0.2) is 9.97 Å². The second kappa shape index (κ2) is 4.67. The van der Waals surface area contributed by atoms with Gasteiger partial charge in [0.05, 0.1) is 11.1 Å². The first kappa shape index (κ1) is 11.8. The van der Waals surface area contributed by atoms with Crippen molar-refractivity contribution in [1.29, 1.82) is 0 Å². The number of nitrogens with one attached hydrogen (secondary N) is 1. The fraction of sp³-hybridized carbons (Fsp3) is 0.545. The molecule has 0 unspecified atom stereocenters. The number of rotatable bonds is 4. The maximum Gasteiger partial charge on any atom is 0.163 e. The summed E-state index contributed by atoms with van der Waals surface area (Å²) in [4.78, 5) is 10.7. The number of fused-ring (bicyclic) bond motifs is 1. The summed E-state index contributed by atoms with van der Waals surface area (Å²) in [5.74, 6) is 0.863. The molecule has 0 saturated carbocycles. The molecule has 0 radical (unpaired) electrons. The summed E-state index contributed by atoms with van der Waals surface area (Å²) < 4.78 is 1.78. The van der Waals surface area contributed by atoms with E-state index in [1.54, 1.807) is 11.0 Å². The Morgan fingerprint density at radius 2 is 2.12 bits per heavy atom. The fourth-order valence-corrected chi connectivity index (χ4v) is 1.81. The average molecular weight is 234 g/mol. The summed E-state index contributed by atoms with van der Waals surface area (Å²) in [6, 6.07) is 0. The third-order valence-corrected chi connectivity index (χ3v) is 2.65. The third kappa shape index (κ3) is 2.36.